The average Bonchev–Trinajstić information content (AvgIpc) is 2.89. The van der Waals surface area contributed by atoms with Crippen molar-refractivity contribution < 1.29 is 22.7 Å². The van der Waals surface area contributed by atoms with E-state index in [1.807, 2.05) is 18.2 Å². The summed E-state index contributed by atoms with van der Waals surface area (Å²) in [5.41, 5.74) is 8.23. The van der Waals surface area contributed by atoms with Crippen molar-refractivity contribution >= 4 is 46.1 Å². The number of hydrogen-bond donors (Lipinski definition) is 3. The predicted molar refractivity (Wildman–Crippen MR) is 144 cm³/mol. The first-order valence-corrected chi connectivity index (χ1v) is 11.5. The van der Waals surface area contributed by atoms with Crippen LogP contribution in [0.25, 0.3) is 0 Å². The number of nitrogens with two attached hydrogens (primary N) is 1. The fraction of sp³-hybridized carbons (Fsp3) is 0.111. The molecule has 0 saturated heterocycles. The Morgan fingerprint density at radius 3 is 2.24 bits per heavy atom. The Morgan fingerprint density at radius 1 is 1.03 bits per heavy atom. The standard InChI is InChI=1S/C27H23ClF3N5O2/c1-17(32)24(36-35-20-7-3-2-4-8-20)16-38-26(37)19-13-11-18(12-14-19)23(15-25(33)27(29,30)31)34-22-10-6-5-9-21(22)28/h2-15,32,35H,16,33H2,1H3/b25-15-,32-17?,34-23?,36-24-. The fourth-order valence-electron chi connectivity index (χ4n) is 2.94. The molecule has 0 heterocycles. The van der Waals surface area contributed by atoms with E-state index < -0.39 is 17.8 Å². The van der Waals surface area contributed by atoms with Gasteiger partial charge in [0.25, 0.3) is 0 Å². The smallest absolute Gasteiger partial charge is 0.430 e. The number of nitrogens with zero attached hydrogens (tertiary/aromatic N) is 2. The number of carbonyl (C=O) groups excluding carboxylic acids is 1. The summed E-state index contributed by atoms with van der Waals surface area (Å²) >= 11 is 6.12. The van der Waals surface area contributed by atoms with Crippen molar-refractivity contribution in [3.05, 3.63) is 107 Å². The van der Waals surface area contributed by atoms with Gasteiger partial charge in [-0.1, -0.05) is 54.1 Å². The molecule has 38 heavy (non-hydrogen) atoms. The molecule has 0 aliphatic heterocycles. The Kier molecular flexibility index (Phi) is 9.39. The summed E-state index contributed by atoms with van der Waals surface area (Å²) in [6.45, 7) is 1.24. The van der Waals surface area contributed by atoms with Crippen molar-refractivity contribution in [3.8, 4) is 0 Å². The first kappa shape index (κ1) is 28.1. The van der Waals surface area contributed by atoms with Crippen molar-refractivity contribution in [3.63, 3.8) is 0 Å². The minimum Gasteiger partial charge on any atom is -0.455 e. The summed E-state index contributed by atoms with van der Waals surface area (Å²) in [4.78, 5) is 16.8. The Balaban J connectivity index is 1.79. The van der Waals surface area contributed by atoms with Gasteiger partial charge in [-0.2, -0.15) is 18.3 Å². The van der Waals surface area contributed by atoms with Crippen LogP contribution < -0.4 is 11.2 Å². The molecule has 3 aromatic rings. The zero-order valence-electron chi connectivity index (χ0n) is 20.1. The van der Waals surface area contributed by atoms with E-state index in [0.29, 0.717) is 11.8 Å². The van der Waals surface area contributed by atoms with Crippen LogP contribution in [-0.2, 0) is 4.74 Å². The molecule has 3 aromatic carbocycles. The molecular weight excluding hydrogens is 519 g/mol. The quantitative estimate of drug-likeness (QED) is 0.162. The van der Waals surface area contributed by atoms with Gasteiger partial charge < -0.3 is 15.9 Å². The third-order valence-corrected chi connectivity index (χ3v) is 5.32. The lowest BCUT2D eigenvalue weighted by atomic mass is 10.1. The third-order valence-electron chi connectivity index (χ3n) is 5.00. The van der Waals surface area contributed by atoms with Gasteiger partial charge in [0.1, 0.15) is 18.0 Å². The molecule has 4 N–H and O–H groups in total. The zero-order valence-corrected chi connectivity index (χ0v) is 20.8. The molecule has 11 heteroatoms. The minimum absolute atomic E-state index is 0.103. The Morgan fingerprint density at radius 2 is 1.63 bits per heavy atom. The molecule has 0 bridgehead atoms. The van der Waals surface area contributed by atoms with Crippen molar-refractivity contribution in [1.82, 2.24) is 0 Å². The van der Waals surface area contributed by atoms with Crippen LogP contribution in [0.1, 0.15) is 22.8 Å². The summed E-state index contributed by atoms with van der Waals surface area (Å²) in [6.07, 6.45) is -4.06. The van der Waals surface area contributed by atoms with Gasteiger partial charge in [-0.3, -0.25) is 5.43 Å². The molecule has 7 nitrogen and oxygen atoms in total. The zero-order chi connectivity index (χ0) is 27.7. The van der Waals surface area contributed by atoms with Crippen LogP contribution in [0, 0.1) is 5.41 Å². The normalized spacial score (nSPS) is 12.7. The average molecular weight is 542 g/mol. The molecule has 0 spiro atoms. The number of esters is 1. The number of carbonyl (C=O) groups is 1. The molecule has 0 amide bonds. The number of hydrogen-bond acceptors (Lipinski definition) is 7. The van der Waals surface area contributed by atoms with Gasteiger partial charge >= 0.3 is 12.1 Å². The van der Waals surface area contributed by atoms with E-state index in [2.05, 4.69) is 15.5 Å². The van der Waals surface area contributed by atoms with Gasteiger partial charge in [-0.05, 0) is 49.4 Å². The number of ether oxygens (including phenoxy) is 1. The van der Waals surface area contributed by atoms with Crippen molar-refractivity contribution in [2.24, 2.45) is 15.8 Å². The van der Waals surface area contributed by atoms with Crippen LogP contribution in [0.15, 0.2) is 101 Å². The van der Waals surface area contributed by atoms with E-state index in [1.165, 1.54) is 31.2 Å². The van der Waals surface area contributed by atoms with Crippen molar-refractivity contribution in [2.75, 3.05) is 12.0 Å². The number of hydrazone groups is 1. The van der Waals surface area contributed by atoms with Crippen LogP contribution in [0.5, 0.6) is 0 Å². The molecule has 0 saturated carbocycles. The molecule has 0 atom stereocenters. The highest BCUT2D eigenvalue weighted by Crippen LogP contribution is 2.27. The highest BCUT2D eigenvalue weighted by atomic mass is 35.5. The highest BCUT2D eigenvalue weighted by molar-refractivity contribution is 6.41. The number of benzene rings is 3. The maximum absolute atomic E-state index is 13.1. The second-order valence-electron chi connectivity index (χ2n) is 7.86. The van der Waals surface area contributed by atoms with Gasteiger partial charge in [0.05, 0.1) is 33.4 Å². The Labute approximate surface area is 222 Å². The van der Waals surface area contributed by atoms with E-state index in [0.717, 1.165) is 0 Å². The molecular formula is C27H23ClF3N5O2. The lowest BCUT2D eigenvalue weighted by Crippen LogP contribution is -2.21. The fourth-order valence-corrected chi connectivity index (χ4v) is 3.12. The van der Waals surface area contributed by atoms with Crippen LogP contribution in [0.3, 0.4) is 0 Å². The first-order valence-electron chi connectivity index (χ1n) is 11.1. The van der Waals surface area contributed by atoms with Crippen LogP contribution in [-0.4, -0.2) is 35.9 Å². The highest BCUT2D eigenvalue weighted by Gasteiger charge is 2.31. The largest absolute Gasteiger partial charge is 0.455 e. The maximum atomic E-state index is 13.1. The van der Waals surface area contributed by atoms with E-state index in [9.17, 15) is 18.0 Å². The van der Waals surface area contributed by atoms with Gasteiger partial charge in [0.15, 0.2) is 0 Å². The molecule has 3 rings (SSSR count). The molecule has 0 radical (unpaired) electrons. The summed E-state index contributed by atoms with van der Waals surface area (Å²) in [5, 5.41) is 12.2. The number of alkyl halides is 3. The maximum Gasteiger partial charge on any atom is 0.430 e. The summed E-state index contributed by atoms with van der Waals surface area (Å²) in [5.74, 6) is -0.708. The van der Waals surface area contributed by atoms with Crippen molar-refractivity contribution in [1.29, 1.82) is 5.41 Å². The Bertz CT molecular complexity index is 1390. The van der Waals surface area contributed by atoms with E-state index in [-0.39, 0.29) is 45.6 Å². The Hall–Kier alpha value is -4.44. The van der Waals surface area contributed by atoms with E-state index in [1.54, 1.807) is 36.4 Å². The summed E-state index contributed by atoms with van der Waals surface area (Å²) < 4.78 is 44.6. The van der Waals surface area contributed by atoms with Crippen LogP contribution in [0.2, 0.25) is 5.02 Å². The third kappa shape index (κ3) is 8.04. The molecule has 0 unspecified atom stereocenters. The van der Waals surface area contributed by atoms with Crippen molar-refractivity contribution in [2.45, 2.75) is 13.1 Å². The van der Waals surface area contributed by atoms with Gasteiger partial charge in [-0.15, -0.1) is 0 Å². The first-order chi connectivity index (χ1) is 18.0. The molecule has 0 aliphatic rings. The molecule has 0 aromatic heterocycles. The SMILES string of the molecule is CC(=N)/C(COC(=O)c1ccc(C(/C=C(\N)C(F)(F)F)=Nc2ccccc2Cl)cc1)=N\Nc1ccccc1. The van der Waals surface area contributed by atoms with Gasteiger partial charge in [0.2, 0.25) is 0 Å². The van der Waals surface area contributed by atoms with Crippen LogP contribution in [0.4, 0.5) is 24.5 Å². The van der Waals surface area contributed by atoms with Gasteiger partial charge in [0, 0.05) is 5.56 Å². The topological polar surface area (TPSA) is 113 Å². The number of aliphatic imine (C=N–C) groups is 1. The lowest BCUT2D eigenvalue weighted by Gasteiger charge is -2.10. The predicted octanol–water partition coefficient (Wildman–Crippen LogP) is 6.53. The second kappa shape index (κ2) is 12.7. The van der Waals surface area contributed by atoms with E-state index in [4.69, 9.17) is 27.5 Å². The summed E-state index contributed by atoms with van der Waals surface area (Å²) in [6, 6.07) is 21.0. The number of anilines is 1. The number of rotatable bonds is 9. The summed E-state index contributed by atoms with van der Waals surface area (Å²) in [7, 11) is 0. The second-order valence-corrected chi connectivity index (χ2v) is 8.27. The number of para-hydroxylation sites is 2. The molecule has 0 fully saturated rings. The monoisotopic (exact) mass is 541 g/mol. The number of halogens is 4. The number of nitrogens with one attached hydrogen (secondary N) is 2. The molecule has 196 valence electrons. The van der Waals surface area contributed by atoms with Crippen LogP contribution >= 0.6 is 11.6 Å². The van der Waals surface area contributed by atoms with E-state index >= 15 is 0 Å². The minimum atomic E-state index is -4.76. The molecule has 0 aliphatic carbocycles. The number of allylic oxidation sites excluding steroid dienone is 2. The van der Waals surface area contributed by atoms with Gasteiger partial charge in [-0.25, -0.2) is 9.79 Å². The lowest BCUT2D eigenvalue weighted by molar-refractivity contribution is -0.0925.